The van der Waals surface area contributed by atoms with Gasteiger partial charge in [0, 0.05) is 5.56 Å². The second-order valence-electron chi connectivity index (χ2n) is 4.84. The number of nitrogens with zero attached hydrogens (tertiary/aromatic N) is 1. The van der Waals surface area contributed by atoms with E-state index in [1.54, 1.807) is 18.3 Å². The SMILES string of the molecule is Fc1ccccc1-c1cccc(C=NNc2ccccc2)c1. The van der Waals surface area contributed by atoms with Gasteiger partial charge in [-0.25, -0.2) is 4.39 Å². The van der Waals surface area contributed by atoms with Crippen LogP contribution in [0, 0.1) is 5.82 Å². The van der Waals surface area contributed by atoms with Gasteiger partial charge in [0.1, 0.15) is 5.82 Å². The van der Waals surface area contributed by atoms with Crippen molar-refractivity contribution in [1.82, 2.24) is 0 Å². The standard InChI is InChI=1S/C19H15FN2/c20-19-12-5-4-11-18(19)16-8-6-7-15(13-16)14-21-22-17-9-2-1-3-10-17/h1-14,22H. The Balaban J connectivity index is 1.78. The monoisotopic (exact) mass is 290 g/mol. The molecule has 3 aromatic rings. The van der Waals surface area contributed by atoms with Gasteiger partial charge in [-0.05, 0) is 35.4 Å². The van der Waals surface area contributed by atoms with Crippen LogP contribution in [0.4, 0.5) is 10.1 Å². The van der Waals surface area contributed by atoms with E-state index in [4.69, 9.17) is 0 Å². The van der Waals surface area contributed by atoms with E-state index in [1.807, 2.05) is 60.7 Å². The predicted molar refractivity (Wildman–Crippen MR) is 89.5 cm³/mol. The third-order valence-corrected chi connectivity index (χ3v) is 3.25. The highest BCUT2D eigenvalue weighted by Gasteiger charge is 2.03. The van der Waals surface area contributed by atoms with Crippen molar-refractivity contribution in [2.75, 3.05) is 5.43 Å². The summed E-state index contributed by atoms with van der Waals surface area (Å²) in [6.07, 6.45) is 1.72. The molecule has 0 aromatic heterocycles. The maximum absolute atomic E-state index is 13.8. The summed E-state index contributed by atoms with van der Waals surface area (Å²) < 4.78 is 13.8. The van der Waals surface area contributed by atoms with Gasteiger partial charge in [-0.2, -0.15) is 5.10 Å². The first-order valence-corrected chi connectivity index (χ1v) is 7.02. The van der Waals surface area contributed by atoms with Gasteiger partial charge >= 0.3 is 0 Å². The minimum atomic E-state index is -0.223. The molecular weight excluding hydrogens is 275 g/mol. The van der Waals surface area contributed by atoms with Crippen LogP contribution in [0.25, 0.3) is 11.1 Å². The highest BCUT2D eigenvalue weighted by atomic mass is 19.1. The molecule has 0 saturated heterocycles. The molecule has 0 saturated carbocycles. The van der Waals surface area contributed by atoms with E-state index in [0.29, 0.717) is 5.56 Å². The number of anilines is 1. The number of halogens is 1. The van der Waals surface area contributed by atoms with E-state index in [1.165, 1.54) is 6.07 Å². The molecule has 0 aliphatic carbocycles. The third kappa shape index (κ3) is 3.38. The molecule has 0 heterocycles. The molecule has 3 heteroatoms. The summed E-state index contributed by atoms with van der Waals surface area (Å²) in [4.78, 5) is 0. The van der Waals surface area contributed by atoms with Crippen molar-refractivity contribution in [3.05, 3.63) is 90.2 Å². The van der Waals surface area contributed by atoms with Crippen molar-refractivity contribution < 1.29 is 4.39 Å². The second kappa shape index (κ2) is 6.68. The molecule has 0 atom stereocenters. The summed E-state index contributed by atoms with van der Waals surface area (Å²) >= 11 is 0. The summed E-state index contributed by atoms with van der Waals surface area (Å²) in [5.41, 5.74) is 6.21. The van der Waals surface area contributed by atoms with Crippen molar-refractivity contribution in [3.63, 3.8) is 0 Å². The summed E-state index contributed by atoms with van der Waals surface area (Å²) in [5.74, 6) is -0.223. The van der Waals surface area contributed by atoms with E-state index in [2.05, 4.69) is 10.5 Å². The van der Waals surface area contributed by atoms with Crippen molar-refractivity contribution in [2.24, 2.45) is 5.10 Å². The molecular formula is C19H15FN2. The van der Waals surface area contributed by atoms with E-state index in [0.717, 1.165) is 16.8 Å². The van der Waals surface area contributed by atoms with Gasteiger partial charge in [-0.3, -0.25) is 5.43 Å². The molecule has 0 aliphatic heterocycles. The zero-order chi connectivity index (χ0) is 15.2. The van der Waals surface area contributed by atoms with Gasteiger partial charge < -0.3 is 0 Å². The van der Waals surface area contributed by atoms with Crippen molar-refractivity contribution in [2.45, 2.75) is 0 Å². The quantitative estimate of drug-likeness (QED) is 0.534. The molecule has 3 aromatic carbocycles. The molecule has 0 radical (unpaired) electrons. The van der Waals surface area contributed by atoms with Crippen LogP contribution < -0.4 is 5.43 Å². The highest BCUT2D eigenvalue weighted by Crippen LogP contribution is 2.22. The maximum atomic E-state index is 13.8. The molecule has 108 valence electrons. The zero-order valence-corrected chi connectivity index (χ0v) is 11.9. The van der Waals surface area contributed by atoms with Crippen LogP contribution in [-0.2, 0) is 0 Å². The molecule has 0 spiro atoms. The van der Waals surface area contributed by atoms with Gasteiger partial charge in [0.15, 0.2) is 0 Å². The predicted octanol–water partition coefficient (Wildman–Crippen LogP) is 4.94. The largest absolute Gasteiger partial charge is 0.279 e. The first-order valence-electron chi connectivity index (χ1n) is 7.02. The van der Waals surface area contributed by atoms with Gasteiger partial charge in [0.05, 0.1) is 11.9 Å². The van der Waals surface area contributed by atoms with Crippen LogP contribution in [0.5, 0.6) is 0 Å². The number of hydrogen-bond acceptors (Lipinski definition) is 2. The second-order valence-corrected chi connectivity index (χ2v) is 4.84. The molecule has 0 fully saturated rings. The fourth-order valence-corrected chi connectivity index (χ4v) is 2.18. The molecule has 3 rings (SSSR count). The smallest absolute Gasteiger partial charge is 0.131 e. The number of para-hydroxylation sites is 1. The normalized spacial score (nSPS) is 10.8. The van der Waals surface area contributed by atoms with E-state index < -0.39 is 0 Å². The molecule has 22 heavy (non-hydrogen) atoms. The Morgan fingerprint density at radius 1 is 0.818 bits per heavy atom. The molecule has 1 N–H and O–H groups in total. The Hall–Kier alpha value is -2.94. The molecule has 2 nitrogen and oxygen atoms in total. The van der Waals surface area contributed by atoms with Crippen LogP contribution in [-0.4, -0.2) is 6.21 Å². The third-order valence-electron chi connectivity index (χ3n) is 3.25. The van der Waals surface area contributed by atoms with Crippen LogP contribution in [0.3, 0.4) is 0 Å². The fraction of sp³-hybridized carbons (Fsp3) is 0. The Kier molecular flexibility index (Phi) is 4.25. The minimum absolute atomic E-state index is 0.223. The Morgan fingerprint density at radius 3 is 2.41 bits per heavy atom. The maximum Gasteiger partial charge on any atom is 0.131 e. The minimum Gasteiger partial charge on any atom is -0.279 e. The van der Waals surface area contributed by atoms with E-state index >= 15 is 0 Å². The van der Waals surface area contributed by atoms with Gasteiger partial charge in [0.2, 0.25) is 0 Å². The molecule has 0 amide bonds. The number of rotatable bonds is 4. The molecule has 0 unspecified atom stereocenters. The lowest BCUT2D eigenvalue weighted by molar-refractivity contribution is 0.631. The lowest BCUT2D eigenvalue weighted by Crippen LogP contribution is -1.91. The zero-order valence-electron chi connectivity index (χ0n) is 11.9. The van der Waals surface area contributed by atoms with Crippen LogP contribution in [0.2, 0.25) is 0 Å². The summed E-state index contributed by atoms with van der Waals surface area (Å²) in [5, 5.41) is 4.20. The Labute approximate surface area is 128 Å². The van der Waals surface area contributed by atoms with Crippen LogP contribution in [0.1, 0.15) is 5.56 Å². The highest BCUT2D eigenvalue weighted by molar-refractivity contribution is 5.83. The van der Waals surface area contributed by atoms with Gasteiger partial charge in [-0.15, -0.1) is 0 Å². The lowest BCUT2D eigenvalue weighted by atomic mass is 10.0. The van der Waals surface area contributed by atoms with E-state index in [9.17, 15) is 4.39 Å². The Morgan fingerprint density at radius 2 is 1.59 bits per heavy atom. The summed E-state index contributed by atoms with van der Waals surface area (Å²) in [6.45, 7) is 0. The fourth-order valence-electron chi connectivity index (χ4n) is 2.18. The average Bonchev–Trinajstić information content (AvgIpc) is 2.57. The topological polar surface area (TPSA) is 24.4 Å². The van der Waals surface area contributed by atoms with Crippen LogP contribution >= 0.6 is 0 Å². The lowest BCUT2D eigenvalue weighted by Gasteiger charge is -2.04. The first-order chi connectivity index (χ1) is 10.8. The number of benzene rings is 3. The van der Waals surface area contributed by atoms with Crippen molar-refractivity contribution in [3.8, 4) is 11.1 Å². The van der Waals surface area contributed by atoms with E-state index in [-0.39, 0.29) is 5.82 Å². The summed E-state index contributed by atoms with van der Waals surface area (Å²) in [6, 6.07) is 24.1. The van der Waals surface area contributed by atoms with Crippen LogP contribution in [0.15, 0.2) is 84.0 Å². The Bertz CT molecular complexity index is 782. The average molecular weight is 290 g/mol. The van der Waals surface area contributed by atoms with Gasteiger partial charge in [0.25, 0.3) is 0 Å². The number of hydrogen-bond donors (Lipinski definition) is 1. The number of hydrazone groups is 1. The van der Waals surface area contributed by atoms with Gasteiger partial charge in [-0.1, -0.05) is 54.6 Å². The number of nitrogens with one attached hydrogen (secondary N) is 1. The molecule has 0 aliphatic rings. The molecule has 0 bridgehead atoms. The summed E-state index contributed by atoms with van der Waals surface area (Å²) in [7, 11) is 0. The first kappa shape index (κ1) is 14.0. The van der Waals surface area contributed by atoms with Crippen molar-refractivity contribution >= 4 is 11.9 Å². The van der Waals surface area contributed by atoms with Crippen molar-refractivity contribution in [1.29, 1.82) is 0 Å².